The van der Waals surface area contributed by atoms with Crippen LogP contribution in [0.15, 0.2) is 24.3 Å². The lowest BCUT2D eigenvalue weighted by atomic mass is 10.1. The van der Waals surface area contributed by atoms with E-state index >= 15 is 0 Å². The second-order valence-corrected chi connectivity index (χ2v) is 4.78. The van der Waals surface area contributed by atoms with Gasteiger partial charge in [-0.05, 0) is 17.7 Å². The van der Waals surface area contributed by atoms with Gasteiger partial charge in [0.25, 0.3) is 0 Å². The Balaban J connectivity index is 2.78. The first-order chi connectivity index (χ1) is 6.92. The van der Waals surface area contributed by atoms with Gasteiger partial charge >= 0.3 is 0 Å². The SMILES string of the molecule is COc1ccc(C(O)CS(N)(=O)=O)cc1. The summed E-state index contributed by atoms with van der Waals surface area (Å²) in [6.07, 6.45) is -1.11. The van der Waals surface area contributed by atoms with E-state index in [9.17, 15) is 13.5 Å². The molecule has 0 radical (unpaired) electrons. The van der Waals surface area contributed by atoms with Crippen molar-refractivity contribution in [3.8, 4) is 5.75 Å². The van der Waals surface area contributed by atoms with Gasteiger partial charge in [-0.25, -0.2) is 13.6 Å². The monoisotopic (exact) mass is 231 g/mol. The predicted molar refractivity (Wildman–Crippen MR) is 55.9 cm³/mol. The maximum Gasteiger partial charge on any atom is 0.211 e. The van der Waals surface area contributed by atoms with E-state index in [-0.39, 0.29) is 0 Å². The van der Waals surface area contributed by atoms with Crippen molar-refractivity contribution in [2.24, 2.45) is 5.14 Å². The average molecular weight is 231 g/mol. The van der Waals surface area contributed by atoms with Gasteiger partial charge in [0.05, 0.1) is 19.0 Å². The van der Waals surface area contributed by atoms with Gasteiger partial charge in [-0.2, -0.15) is 0 Å². The number of hydrogen-bond donors (Lipinski definition) is 2. The lowest BCUT2D eigenvalue weighted by Crippen LogP contribution is -2.21. The fourth-order valence-corrected chi connectivity index (χ4v) is 1.77. The van der Waals surface area contributed by atoms with Crippen LogP contribution in [0.5, 0.6) is 5.75 Å². The molecule has 0 aliphatic rings. The van der Waals surface area contributed by atoms with Gasteiger partial charge in [0.1, 0.15) is 5.75 Å². The molecule has 0 amide bonds. The molecule has 5 nitrogen and oxygen atoms in total. The molecule has 1 aromatic carbocycles. The van der Waals surface area contributed by atoms with Crippen LogP contribution >= 0.6 is 0 Å². The zero-order valence-electron chi connectivity index (χ0n) is 8.25. The summed E-state index contributed by atoms with van der Waals surface area (Å²) in [4.78, 5) is 0. The lowest BCUT2D eigenvalue weighted by molar-refractivity contribution is 0.201. The van der Waals surface area contributed by atoms with Crippen molar-refractivity contribution in [2.75, 3.05) is 12.9 Å². The molecule has 0 saturated carbocycles. The molecule has 0 fully saturated rings. The minimum absolute atomic E-state index is 0.487. The van der Waals surface area contributed by atoms with Gasteiger partial charge < -0.3 is 9.84 Å². The molecule has 0 bridgehead atoms. The fraction of sp³-hybridized carbons (Fsp3) is 0.333. The molecule has 84 valence electrons. The third-order valence-electron chi connectivity index (χ3n) is 1.89. The standard InChI is InChI=1S/C9H13NO4S/c1-14-8-4-2-7(3-5-8)9(11)6-15(10,12)13/h2-5,9,11H,6H2,1H3,(H2,10,12,13). The van der Waals surface area contributed by atoms with Crippen molar-refractivity contribution < 1.29 is 18.3 Å². The van der Waals surface area contributed by atoms with Crippen molar-refractivity contribution in [1.29, 1.82) is 0 Å². The molecule has 3 N–H and O–H groups in total. The number of aliphatic hydroxyl groups is 1. The lowest BCUT2D eigenvalue weighted by Gasteiger charge is -2.09. The van der Waals surface area contributed by atoms with E-state index < -0.39 is 21.9 Å². The van der Waals surface area contributed by atoms with E-state index in [2.05, 4.69) is 0 Å². The van der Waals surface area contributed by atoms with E-state index in [1.165, 1.54) is 7.11 Å². The summed E-state index contributed by atoms with van der Waals surface area (Å²) in [6, 6.07) is 6.47. The molecule has 0 aliphatic carbocycles. The number of hydrogen-bond acceptors (Lipinski definition) is 4. The predicted octanol–water partition coefficient (Wildman–Crippen LogP) is 0.0171. The highest BCUT2D eigenvalue weighted by atomic mass is 32.2. The molecular formula is C9H13NO4S. The normalized spacial score (nSPS) is 13.5. The minimum Gasteiger partial charge on any atom is -0.497 e. The molecule has 1 rings (SSSR count). The van der Waals surface area contributed by atoms with Gasteiger partial charge in [0, 0.05) is 0 Å². The molecule has 0 spiro atoms. The largest absolute Gasteiger partial charge is 0.497 e. The molecule has 0 aliphatic heterocycles. The molecule has 1 unspecified atom stereocenters. The van der Waals surface area contributed by atoms with E-state index in [0.29, 0.717) is 11.3 Å². The highest BCUT2D eigenvalue weighted by molar-refractivity contribution is 7.89. The van der Waals surface area contributed by atoms with Crippen LogP contribution in [0, 0.1) is 0 Å². The second-order valence-electron chi connectivity index (χ2n) is 3.12. The first kappa shape index (κ1) is 12.0. The summed E-state index contributed by atoms with van der Waals surface area (Å²) < 4.78 is 26.4. The Morgan fingerprint density at radius 2 is 1.93 bits per heavy atom. The molecule has 6 heteroatoms. The quantitative estimate of drug-likeness (QED) is 0.764. The highest BCUT2D eigenvalue weighted by Gasteiger charge is 2.14. The van der Waals surface area contributed by atoms with Gasteiger partial charge in [-0.1, -0.05) is 12.1 Å². The molecule has 0 saturated heterocycles. The van der Waals surface area contributed by atoms with Crippen LogP contribution in [0.3, 0.4) is 0 Å². The number of aliphatic hydroxyl groups excluding tert-OH is 1. The topological polar surface area (TPSA) is 89.6 Å². The molecule has 1 atom stereocenters. The minimum atomic E-state index is -3.67. The van der Waals surface area contributed by atoms with Crippen molar-refractivity contribution in [1.82, 2.24) is 0 Å². The number of nitrogens with two attached hydrogens (primary N) is 1. The van der Waals surface area contributed by atoms with Gasteiger partial charge in [-0.15, -0.1) is 0 Å². The Hall–Kier alpha value is -1.11. The van der Waals surface area contributed by atoms with Crippen LogP contribution in [0.4, 0.5) is 0 Å². The number of primary sulfonamides is 1. The van der Waals surface area contributed by atoms with Gasteiger partial charge in [0.15, 0.2) is 0 Å². The third-order valence-corrected chi connectivity index (χ3v) is 2.67. The first-order valence-electron chi connectivity index (χ1n) is 4.25. The summed E-state index contributed by atoms with van der Waals surface area (Å²) in [5.74, 6) is 0.154. The molecule has 0 aromatic heterocycles. The Kier molecular flexibility index (Phi) is 3.67. The summed E-state index contributed by atoms with van der Waals surface area (Å²) in [5.41, 5.74) is 0.491. The molecule has 1 aromatic rings. The highest BCUT2D eigenvalue weighted by Crippen LogP contribution is 2.18. The summed E-state index contributed by atoms with van der Waals surface area (Å²) in [6.45, 7) is 0. The van der Waals surface area contributed by atoms with E-state index in [4.69, 9.17) is 9.88 Å². The van der Waals surface area contributed by atoms with Crippen molar-refractivity contribution >= 4 is 10.0 Å². The Labute approximate surface area is 88.5 Å². The maximum absolute atomic E-state index is 10.7. The van der Waals surface area contributed by atoms with Crippen LogP contribution in [0.2, 0.25) is 0 Å². The Morgan fingerprint density at radius 3 is 2.33 bits per heavy atom. The molecule has 15 heavy (non-hydrogen) atoms. The van der Waals surface area contributed by atoms with Crippen LogP contribution in [-0.2, 0) is 10.0 Å². The average Bonchev–Trinajstić information content (AvgIpc) is 2.15. The molecule has 0 heterocycles. The third kappa shape index (κ3) is 3.86. The van der Waals surface area contributed by atoms with Crippen LogP contribution < -0.4 is 9.88 Å². The number of methoxy groups -OCH3 is 1. The summed E-state index contributed by atoms with van der Waals surface area (Å²) in [5, 5.41) is 14.3. The van der Waals surface area contributed by atoms with Crippen molar-refractivity contribution in [3.63, 3.8) is 0 Å². The van der Waals surface area contributed by atoms with Crippen LogP contribution in [0.25, 0.3) is 0 Å². The summed E-state index contributed by atoms with van der Waals surface area (Å²) in [7, 11) is -2.14. The summed E-state index contributed by atoms with van der Waals surface area (Å²) >= 11 is 0. The first-order valence-corrected chi connectivity index (χ1v) is 5.96. The Bertz CT molecular complexity index is 412. The number of sulfonamides is 1. The van der Waals surface area contributed by atoms with Gasteiger partial charge in [0.2, 0.25) is 10.0 Å². The smallest absolute Gasteiger partial charge is 0.211 e. The van der Waals surface area contributed by atoms with E-state index in [1.54, 1.807) is 24.3 Å². The number of rotatable bonds is 4. The second kappa shape index (κ2) is 4.61. The van der Waals surface area contributed by atoms with Crippen LogP contribution in [0.1, 0.15) is 11.7 Å². The molecular weight excluding hydrogens is 218 g/mol. The zero-order valence-corrected chi connectivity index (χ0v) is 9.07. The van der Waals surface area contributed by atoms with E-state index in [0.717, 1.165) is 0 Å². The van der Waals surface area contributed by atoms with Gasteiger partial charge in [-0.3, -0.25) is 0 Å². The van der Waals surface area contributed by atoms with Crippen LogP contribution in [-0.4, -0.2) is 26.4 Å². The number of benzene rings is 1. The fourth-order valence-electron chi connectivity index (χ4n) is 1.14. The van der Waals surface area contributed by atoms with Crippen molar-refractivity contribution in [3.05, 3.63) is 29.8 Å². The zero-order chi connectivity index (χ0) is 11.5. The number of ether oxygens (including phenoxy) is 1. The van der Waals surface area contributed by atoms with E-state index in [1.807, 2.05) is 0 Å². The Morgan fingerprint density at radius 1 is 1.40 bits per heavy atom. The maximum atomic E-state index is 10.7. The van der Waals surface area contributed by atoms with Crippen molar-refractivity contribution in [2.45, 2.75) is 6.10 Å².